The first kappa shape index (κ1) is 14.7. The number of carboxylic acids is 1. The lowest BCUT2D eigenvalue weighted by Crippen LogP contribution is -2.19. The van der Waals surface area contributed by atoms with E-state index in [4.69, 9.17) is 5.11 Å². The van der Waals surface area contributed by atoms with Crippen molar-refractivity contribution in [3.05, 3.63) is 29.8 Å². The molecule has 0 spiro atoms. The minimum absolute atomic E-state index is 0.0453. The molecule has 18 heavy (non-hydrogen) atoms. The summed E-state index contributed by atoms with van der Waals surface area (Å²) in [5.74, 6) is -0.851. The third-order valence-corrected chi connectivity index (χ3v) is 4.50. The van der Waals surface area contributed by atoms with Crippen LogP contribution in [0.1, 0.15) is 24.9 Å². The van der Waals surface area contributed by atoms with Gasteiger partial charge in [0.15, 0.2) is 9.84 Å². The standard InChI is InChI=1S/C12H17NO4S/c1-3-18(16,17)10-6-4-9(5-7-10)11(13-2)8-12(14)15/h4-7,11,13H,3,8H2,1-2H3,(H,14,15). The van der Waals surface area contributed by atoms with E-state index >= 15 is 0 Å². The molecular formula is C12H17NO4S. The number of hydrogen-bond donors (Lipinski definition) is 2. The number of rotatable bonds is 6. The van der Waals surface area contributed by atoms with Gasteiger partial charge in [0, 0.05) is 6.04 Å². The van der Waals surface area contributed by atoms with Crippen LogP contribution in [0.4, 0.5) is 0 Å². The van der Waals surface area contributed by atoms with Gasteiger partial charge in [0.05, 0.1) is 17.1 Å². The fourth-order valence-corrected chi connectivity index (χ4v) is 2.52. The van der Waals surface area contributed by atoms with E-state index in [9.17, 15) is 13.2 Å². The van der Waals surface area contributed by atoms with Gasteiger partial charge >= 0.3 is 5.97 Å². The van der Waals surface area contributed by atoms with E-state index in [1.54, 1.807) is 26.1 Å². The molecule has 1 aromatic carbocycles. The molecular weight excluding hydrogens is 254 g/mol. The second-order valence-electron chi connectivity index (χ2n) is 3.91. The van der Waals surface area contributed by atoms with E-state index in [-0.39, 0.29) is 23.1 Å². The molecule has 0 bridgehead atoms. The van der Waals surface area contributed by atoms with Crippen molar-refractivity contribution in [1.82, 2.24) is 5.32 Å². The van der Waals surface area contributed by atoms with Crippen LogP contribution in [-0.4, -0.2) is 32.3 Å². The predicted octanol–water partition coefficient (Wildman–Crippen LogP) is 1.22. The average molecular weight is 271 g/mol. The molecule has 0 saturated carbocycles. The van der Waals surface area contributed by atoms with Gasteiger partial charge in [0.2, 0.25) is 0 Å². The van der Waals surface area contributed by atoms with Crippen LogP contribution in [0.15, 0.2) is 29.2 Å². The van der Waals surface area contributed by atoms with E-state index in [0.717, 1.165) is 5.56 Å². The van der Waals surface area contributed by atoms with E-state index in [1.165, 1.54) is 12.1 Å². The summed E-state index contributed by atoms with van der Waals surface area (Å²) in [5, 5.41) is 11.7. The molecule has 0 radical (unpaired) electrons. The maximum atomic E-state index is 11.6. The summed E-state index contributed by atoms with van der Waals surface area (Å²) in [6.07, 6.45) is -0.0453. The Hall–Kier alpha value is -1.40. The topological polar surface area (TPSA) is 83.5 Å². The van der Waals surface area contributed by atoms with Gasteiger partial charge in [-0.1, -0.05) is 19.1 Å². The Bertz CT molecular complexity index is 507. The molecule has 1 rings (SSSR count). The zero-order valence-corrected chi connectivity index (χ0v) is 11.2. The summed E-state index contributed by atoms with van der Waals surface area (Å²) in [7, 11) is -1.54. The minimum atomic E-state index is -3.21. The Kier molecular flexibility index (Phi) is 4.86. The summed E-state index contributed by atoms with van der Waals surface area (Å²) in [6.45, 7) is 1.59. The van der Waals surface area contributed by atoms with Crippen molar-refractivity contribution in [2.24, 2.45) is 0 Å². The summed E-state index contributed by atoms with van der Waals surface area (Å²) >= 11 is 0. The number of sulfone groups is 1. The van der Waals surface area contributed by atoms with Crippen LogP contribution in [0, 0.1) is 0 Å². The molecule has 1 unspecified atom stereocenters. The largest absolute Gasteiger partial charge is 0.481 e. The Morgan fingerprint density at radius 1 is 1.33 bits per heavy atom. The van der Waals surface area contributed by atoms with Crippen LogP contribution in [0.5, 0.6) is 0 Å². The van der Waals surface area contributed by atoms with Crippen LogP contribution in [0.25, 0.3) is 0 Å². The first-order valence-electron chi connectivity index (χ1n) is 5.62. The Balaban J connectivity index is 2.98. The average Bonchev–Trinajstić information content (AvgIpc) is 2.36. The second-order valence-corrected chi connectivity index (χ2v) is 6.19. The van der Waals surface area contributed by atoms with E-state index in [2.05, 4.69) is 5.32 Å². The molecule has 0 aromatic heterocycles. The van der Waals surface area contributed by atoms with Gasteiger partial charge in [-0.3, -0.25) is 4.79 Å². The molecule has 1 atom stereocenters. The molecule has 0 aliphatic carbocycles. The summed E-state index contributed by atoms with van der Waals surface area (Å²) in [6, 6.07) is 6.00. The molecule has 5 nitrogen and oxygen atoms in total. The van der Waals surface area contributed by atoms with Crippen molar-refractivity contribution in [1.29, 1.82) is 0 Å². The number of nitrogens with one attached hydrogen (secondary N) is 1. The predicted molar refractivity (Wildman–Crippen MR) is 68.2 cm³/mol. The van der Waals surface area contributed by atoms with E-state index < -0.39 is 15.8 Å². The van der Waals surface area contributed by atoms with Crippen molar-refractivity contribution in [3.63, 3.8) is 0 Å². The molecule has 0 aliphatic heterocycles. The van der Waals surface area contributed by atoms with Gasteiger partial charge in [-0.15, -0.1) is 0 Å². The molecule has 0 fully saturated rings. The van der Waals surface area contributed by atoms with Crippen molar-refractivity contribution in [2.45, 2.75) is 24.3 Å². The van der Waals surface area contributed by atoms with Gasteiger partial charge < -0.3 is 10.4 Å². The van der Waals surface area contributed by atoms with Crippen molar-refractivity contribution in [2.75, 3.05) is 12.8 Å². The highest BCUT2D eigenvalue weighted by Crippen LogP contribution is 2.19. The van der Waals surface area contributed by atoms with Gasteiger partial charge in [0.25, 0.3) is 0 Å². The van der Waals surface area contributed by atoms with Crippen molar-refractivity contribution in [3.8, 4) is 0 Å². The quantitative estimate of drug-likeness (QED) is 0.812. The van der Waals surface area contributed by atoms with Crippen LogP contribution < -0.4 is 5.32 Å². The van der Waals surface area contributed by atoms with Crippen molar-refractivity contribution >= 4 is 15.8 Å². The zero-order chi connectivity index (χ0) is 13.8. The second kappa shape index (κ2) is 5.97. The van der Waals surface area contributed by atoms with Gasteiger partial charge in [-0.05, 0) is 24.7 Å². The highest BCUT2D eigenvalue weighted by molar-refractivity contribution is 7.91. The Morgan fingerprint density at radius 2 is 1.89 bits per heavy atom. The minimum Gasteiger partial charge on any atom is -0.481 e. The molecule has 100 valence electrons. The lowest BCUT2D eigenvalue weighted by atomic mass is 10.0. The lowest BCUT2D eigenvalue weighted by molar-refractivity contribution is -0.137. The first-order valence-corrected chi connectivity index (χ1v) is 7.27. The molecule has 0 amide bonds. The summed E-state index contributed by atoms with van der Waals surface area (Å²) < 4.78 is 23.2. The number of hydrogen-bond acceptors (Lipinski definition) is 4. The van der Waals surface area contributed by atoms with Crippen molar-refractivity contribution < 1.29 is 18.3 Å². The number of benzene rings is 1. The molecule has 0 aliphatic rings. The van der Waals surface area contributed by atoms with Crippen LogP contribution >= 0.6 is 0 Å². The maximum absolute atomic E-state index is 11.6. The molecule has 0 saturated heterocycles. The lowest BCUT2D eigenvalue weighted by Gasteiger charge is -2.14. The number of carboxylic acid groups (broad SMARTS) is 1. The molecule has 6 heteroatoms. The smallest absolute Gasteiger partial charge is 0.305 e. The fraction of sp³-hybridized carbons (Fsp3) is 0.417. The molecule has 2 N–H and O–H groups in total. The third-order valence-electron chi connectivity index (χ3n) is 2.75. The van der Waals surface area contributed by atoms with Gasteiger partial charge in [-0.25, -0.2) is 8.42 Å². The normalized spacial score (nSPS) is 13.2. The molecule has 1 aromatic rings. The van der Waals surface area contributed by atoms with Crippen LogP contribution in [-0.2, 0) is 14.6 Å². The summed E-state index contributed by atoms with van der Waals surface area (Å²) in [4.78, 5) is 10.9. The Morgan fingerprint density at radius 3 is 2.28 bits per heavy atom. The van der Waals surface area contributed by atoms with E-state index in [0.29, 0.717) is 0 Å². The summed E-state index contributed by atoms with van der Waals surface area (Å²) in [5.41, 5.74) is 0.759. The van der Waals surface area contributed by atoms with Crippen LogP contribution in [0.2, 0.25) is 0 Å². The highest BCUT2D eigenvalue weighted by Gasteiger charge is 2.15. The molecule has 0 heterocycles. The van der Waals surface area contributed by atoms with Gasteiger partial charge in [0.1, 0.15) is 0 Å². The maximum Gasteiger partial charge on any atom is 0.305 e. The number of aliphatic carboxylic acids is 1. The third kappa shape index (κ3) is 3.54. The fourth-order valence-electron chi connectivity index (χ4n) is 1.64. The van der Waals surface area contributed by atoms with Gasteiger partial charge in [-0.2, -0.15) is 0 Å². The number of carbonyl (C=O) groups is 1. The van der Waals surface area contributed by atoms with Crippen LogP contribution in [0.3, 0.4) is 0 Å². The Labute approximate surface area is 107 Å². The highest BCUT2D eigenvalue weighted by atomic mass is 32.2. The van der Waals surface area contributed by atoms with E-state index in [1.807, 2.05) is 0 Å². The SMILES string of the molecule is CCS(=O)(=O)c1ccc(C(CC(=O)O)NC)cc1. The zero-order valence-electron chi connectivity index (χ0n) is 10.4. The first-order chi connectivity index (χ1) is 8.40. The monoisotopic (exact) mass is 271 g/mol.